The first kappa shape index (κ1) is 17.5. The van der Waals surface area contributed by atoms with Crippen LogP contribution in [0.2, 0.25) is 0 Å². The van der Waals surface area contributed by atoms with Gasteiger partial charge in [-0.25, -0.2) is 14.4 Å². The Hall–Kier alpha value is -3.28. The van der Waals surface area contributed by atoms with Gasteiger partial charge in [-0.2, -0.15) is 0 Å². The second-order valence-electron chi connectivity index (χ2n) is 5.94. The highest BCUT2D eigenvalue weighted by Gasteiger charge is 2.09. The Morgan fingerprint density at radius 1 is 1.04 bits per heavy atom. The molecule has 0 aliphatic carbocycles. The Kier molecular flexibility index (Phi) is 5.22. The maximum atomic E-state index is 13.6. The Labute approximate surface area is 151 Å². The molecular formula is C20H19FN4O. The van der Waals surface area contributed by atoms with Crippen LogP contribution in [0, 0.1) is 19.7 Å². The van der Waals surface area contributed by atoms with Crippen molar-refractivity contribution in [3.63, 3.8) is 0 Å². The minimum Gasteiger partial charge on any atom is -0.348 e. The fourth-order valence-electron chi connectivity index (χ4n) is 2.44. The normalized spacial score (nSPS) is 10.4. The van der Waals surface area contributed by atoms with Crippen LogP contribution in [-0.4, -0.2) is 15.9 Å². The lowest BCUT2D eigenvalue weighted by atomic mass is 10.1. The van der Waals surface area contributed by atoms with E-state index in [1.54, 1.807) is 18.2 Å². The highest BCUT2D eigenvalue weighted by Crippen LogP contribution is 2.20. The van der Waals surface area contributed by atoms with Gasteiger partial charge in [0.05, 0.1) is 5.56 Å². The van der Waals surface area contributed by atoms with E-state index in [-0.39, 0.29) is 18.3 Å². The summed E-state index contributed by atoms with van der Waals surface area (Å²) in [6.45, 7) is 4.15. The zero-order chi connectivity index (χ0) is 18.5. The van der Waals surface area contributed by atoms with Gasteiger partial charge >= 0.3 is 0 Å². The van der Waals surface area contributed by atoms with E-state index in [0.717, 1.165) is 11.3 Å². The third-order valence-corrected chi connectivity index (χ3v) is 4.16. The number of anilines is 2. The third kappa shape index (κ3) is 4.03. The van der Waals surface area contributed by atoms with E-state index in [9.17, 15) is 9.18 Å². The van der Waals surface area contributed by atoms with E-state index < -0.39 is 0 Å². The van der Waals surface area contributed by atoms with Crippen LogP contribution in [-0.2, 0) is 6.54 Å². The molecule has 1 heterocycles. The van der Waals surface area contributed by atoms with Crippen LogP contribution in [0.5, 0.6) is 0 Å². The molecule has 2 N–H and O–H groups in total. The van der Waals surface area contributed by atoms with Gasteiger partial charge < -0.3 is 10.6 Å². The average molecular weight is 350 g/mol. The van der Waals surface area contributed by atoms with Gasteiger partial charge in [-0.05, 0) is 37.1 Å². The van der Waals surface area contributed by atoms with Gasteiger partial charge in [0.1, 0.15) is 5.82 Å². The largest absolute Gasteiger partial charge is 0.348 e. The van der Waals surface area contributed by atoms with Crippen molar-refractivity contribution in [3.05, 3.63) is 82.9 Å². The van der Waals surface area contributed by atoms with Crippen molar-refractivity contribution in [1.29, 1.82) is 0 Å². The van der Waals surface area contributed by atoms with E-state index in [1.807, 2.05) is 32.0 Å². The number of benzene rings is 2. The number of nitrogens with one attached hydrogen (secondary N) is 2. The van der Waals surface area contributed by atoms with Crippen molar-refractivity contribution < 1.29 is 9.18 Å². The molecule has 0 spiro atoms. The molecule has 5 nitrogen and oxygen atoms in total. The van der Waals surface area contributed by atoms with Gasteiger partial charge in [-0.3, -0.25) is 4.79 Å². The minimum absolute atomic E-state index is 0.105. The molecule has 26 heavy (non-hydrogen) atoms. The number of aromatic nitrogens is 2. The van der Waals surface area contributed by atoms with Crippen LogP contribution >= 0.6 is 0 Å². The molecule has 0 radical (unpaired) electrons. The van der Waals surface area contributed by atoms with Crippen molar-refractivity contribution in [2.75, 3.05) is 5.32 Å². The Morgan fingerprint density at radius 3 is 2.50 bits per heavy atom. The number of rotatable bonds is 5. The molecule has 0 fully saturated rings. The SMILES string of the molecule is Cc1cccc(Nc2ncc(C(=O)NCc3ccccc3F)cn2)c1C. The number of halogens is 1. The van der Waals surface area contributed by atoms with E-state index in [2.05, 4.69) is 20.6 Å². The molecule has 6 heteroatoms. The van der Waals surface area contributed by atoms with Crippen LogP contribution in [0.1, 0.15) is 27.0 Å². The van der Waals surface area contributed by atoms with Crippen molar-refractivity contribution in [2.45, 2.75) is 20.4 Å². The number of aryl methyl sites for hydroxylation is 1. The molecule has 0 aliphatic rings. The zero-order valence-corrected chi connectivity index (χ0v) is 14.6. The number of hydrogen-bond acceptors (Lipinski definition) is 4. The van der Waals surface area contributed by atoms with Crippen molar-refractivity contribution in [2.24, 2.45) is 0 Å². The zero-order valence-electron chi connectivity index (χ0n) is 14.6. The fraction of sp³-hybridized carbons (Fsp3) is 0.150. The molecule has 0 saturated heterocycles. The molecule has 0 saturated carbocycles. The summed E-state index contributed by atoms with van der Waals surface area (Å²) in [4.78, 5) is 20.5. The number of nitrogens with zero attached hydrogens (tertiary/aromatic N) is 2. The molecular weight excluding hydrogens is 331 g/mol. The topological polar surface area (TPSA) is 66.9 Å². The molecule has 3 aromatic rings. The Morgan fingerprint density at radius 2 is 1.77 bits per heavy atom. The number of hydrogen-bond donors (Lipinski definition) is 2. The predicted molar refractivity (Wildman–Crippen MR) is 98.8 cm³/mol. The van der Waals surface area contributed by atoms with E-state index in [0.29, 0.717) is 17.1 Å². The molecule has 0 aliphatic heterocycles. The van der Waals surface area contributed by atoms with Crippen LogP contribution in [0.3, 0.4) is 0 Å². The van der Waals surface area contributed by atoms with Gasteiger partial charge in [0.25, 0.3) is 5.91 Å². The summed E-state index contributed by atoms with van der Waals surface area (Å²) in [6, 6.07) is 12.2. The summed E-state index contributed by atoms with van der Waals surface area (Å²) < 4.78 is 13.6. The summed E-state index contributed by atoms with van der Waals surface area (Å²) in [5.41, 5.74) is 3.94. The maximum absolute atomic E-state index is 13.6. The lowest BCUT2D eigenvalue weighted by Crippen LogP contribution is -2.23. The van der Waals surface area contributed by atoms with Crippen molar-refractivity contribution >= 4 is 17.5 Å². The van der Waals surface area contributed by atoms with Crippen molar-refractivity contribution in [1.82, 2.24) is 15.3 Å². The van der Waals surface area contributed by atoms with Crippen LogP contribution in [0.4, 0.5) is 16.0 Å². The van der Waals surface area contributed by atoms with Crippen LogP contribution in [0.25, 0.3) is 0 Å². The van der Waals surface area contributed by atoms with Gasteiger partial charge in [0, 0.05) is 30.2 Å². The first-order valence-corrected chi connectivity index (χ1v) is 8.21. The highest BCUT2D eigenvalue weighted by atomic mass is 19.1. The van der Waals surface area contributed by atoms with E-state index in [1.165, 1.54) is 24.0 Å². The summed E-state index contributed by atoms with van der Waals surface area (Å²) in [7, 11) is 0. The number of carbonyl (C=O) groups is 1. The van der Waals surface area contributed by atoms with Gasteiger partial charge in [0.2, 0.25) is 5.95 Å². The highest BCUT2D eigenvalue weighted by molar-refractivity contribution is 5.93. The van der Waals surface area contributed by atoms with Crippen LogP contribution in [0.15, 0.2) is 54.9 Å². The summed E-state index contributed by atoms with van der Waals surface area (Å²) in [6.07, 6.45) is 2.88. The number of carbonyl (C=O) groups excluding carboxylic acids is 1. The monoisotopic (exact) mass is 350 g/mol. The summed E-state index contributed by atoms with van der Waals surface area (Å²) in [5, 5.41) is 5.80. The van der Waals surface area contributed by atoms with Gasteiger partial charge in [0.15, 0.2) is 0 Å². The number of amides is 1. The van der Waals surface area contributed by atoms with E-state index in [4.69, 9.17) is 0 Å². The smallest absolute Gasteiger partial charge is 0.254 e. The van der Waals surface area contributed by atoms with Crippen molar-refractivity contribution in [3.8, 4) is 0 Å². The molecule has 2 aromatic carbocycles. The van der Waals surface area contributed by atoms with Crippen LogP contribution < -0.4 is 10.6 Å². The lowest BCUT2D eigenvalue weighted by Gasteiger charge is -2.10. The molecule has 1 aromatic heterocycles. The van der Waals surface area contributed by atoms with Gasteiger partial charge in [-0.15, -0.1) is 0 Å². The molecule has 0 atom stereocenters. The summed E-state index contributed by atoms with van der Waals surface area (Å²) in [5.74, 6) is -0.298. The predicted octanol–water partition coefficient (Wildman–Crippen LogP) is 3.91. The Balaban J connectivity index is 1.64. The molecule has 1 amide bonds. The second-order valence-corrected chi connectivity index (χ2v) is 5.94. The third-order valence-electron chi connectivity index (χ3n) is 4.16. The molecule has 3 rings (SSSR count). The second kappa shape index (κ2) is 7.74. The molecule has 0 bridgehead atoms. The maximum Gasteiger partial charge on any atom is 0.254 e. The van der Waals surface area contributed by atoms with E-state index >= 15 is 0 Å². The molecule has 132 valence electrons. The molecule has 0 unspecified atom stereocenters. The minimum atomic E-state index is -0.355. The van der Waals surface area contributed by atoms with Gasteiger partial charge in [-0.1, -0.05) is 30.3 Å². The lowest BCUT2D eigenvalue weighted by molar-refractivity contribution is 0.0950. The average Bonchev–Trinajstić information content (AvgIpc) is 2.65. The fourth-order valence-corrected chi connectivity index (χ4v) is 2.44. The first-order valence-electron chi connectivity index (χ1n) is 8.21. The first-order chi connectivity index (χ1) is 12.5. The summed E-state index contributed by atoms with van der Waals surface area (Å²) >= 11 is 0. The Bertz CT molecular complexity index is 925. The quantitative estimate of drug-likeness (QED) is 0.732. The standard InChI is InChI=1S/C20H19FN4O/c1-13-6-5-9-18(14(13)2)25-20-23-11-16(12-24-20)19(26)22-10-15-7-3-4-8-17(15)21/h3-9,11-12H,10H2,1-2H3,(H,22,26)(H,23,24,25).